The highest BCUT2D eigenvalue weighted by Gasteiger charge is 2.20. The van der Waals surface area contributed by atoms with Crippen molar-refractivity contribution in [3.8, 4) is 5.88 Å². The summed E-state index contributed by atoms with van der Waals surface area (Å²) < 4.78 is 6.27. The molecular formula is C19H15N3O4. The monoisotopic (exact) mass is 349 g/mol. The second-order valence-corrected chi connectivity index (χ2v) is 5.93. The first-order valence-corrected chi connectivity index (χ1v) is 8.00. The first-order chi connectivity index (χ1) is 12.5. The minimum Gasteiger partial charge on any atom is -0.494 e. The number of aromatic amines is 1. The van der Waals surface area contributed by atoms with Crippen LogP contribution in [0.2, 0.25) is 0 Å². The minimum absolute atomic E-state index is 0.00240. The second-order valence-electron chi connectivity index (χ2n) is 5.93. The van der Waals surface area contributed by atoms with E-state index in [4.69, 9.17) is 4.42 Å². The molecule has 0 bridgehead atoms. The molecular weight excluding hydrogens is 334 g/mol. The third kappa shape index (κ3) is 2.59. The van der Waals surface area contributed by atoms with Crippen molar-refractivity contribution in [3.05, 3.63) is 80.4 Å². The molecule has 3 heterocycles. The van der Waals surface area contributed by atoms with E-state index >= 15 is 0 Å². The Bertz CT molecular complexity index is 1160. The van der Waals surface area contributed by atoms with E-state index in [2.05, 4.69) is 9.98 Å². The topological polar surface area (TPSA) is 101 Å². The second kappa shape index (κ2) is 6.03. The molecule has 0 saturated heterocycles. The number of H-pyrrole nitrogens is 1. The summed E-state index contributed by atoms with van der Waals surface area (Å²) in [6.07, 6.45) is 3.03. The Morgan fingerprint density at radius 2 is 2.04 bits per heavy atom. The van der Waals surface area contributed by atoms with E-state index in [0.717, 1.165) is 27.1 Å². The molecule has 0 saturated carbocycles. The number of aromatic hydroxyl groups is 1. The van der Waals surface area contributed by atoms with Gasteiger partial charge in [-0.3, -0.25) is 19.3 Å². The fourth-order valence-corrected chi connectivity index (χ4v) is 2.97. The van der Waals surface area contributed by atoms with E-state index in [0.29, 0.717) is 5.76 Å². The molecule has 7 nitrogen and oxygen atoms in total. The number of aliphatic imine (C=N–C) groups is 1. The van der Waals surface area contributed by atoms with Gasteiger partial charge in [0.2, 0.25) is 5.88 Å². The maximum atomic E-state index is 12.3. The molecule has 0 fully saturated rings. The number of rotatable bonds is 3. The van der Waals surface area contributed by atoms with Crippen molar-refractivity contribution in [2.75, 3.05) is 0 Å². The van der Waals surface area contributed by atoms with E-state index in [1.807, 2.05) is 31.2 Å². The molecule has 0 atom stereocenters. The summed E-state index contributed by atoms with van der Waals surface area (Å²) in [6, 6.07) is 10.9. The van der Waals surface area contributed by atoms with E-state index in [-0.39, 0.29) is 12.1 Å². The van der Waals surface area contributed by atoms with Crippen LogP contribution in [0.25, 0.3) is 11.6 Å². The lowest BCUT2D eigenvalue weighted by Gasteiger charge is -2.09. The lowest BCUT2D eigenvalue weighted by Crippen LogP contribution is -2.31. The largest absolute Gasteiger partial charge is 0.494 e. The van der Waals surface area contributed by atoms with Crippen molar-refractivity contribution in [3.63, 3.8) is 0 Å². The summed E-state index contributed by atoms with van der Waals surface area (Å²) in [5.74, 6) is 0.0665. The number of hydrogen-bond donors (Lipinski definition) is 2. The molecule has 0 aliphatic carbocycles. The maximum absolute atomic E-state index is 12.3. The standard InChI is InChI=1S/C19H15N3O4/c1-11-14(13-6-2-3-7-16(13)20-11)9-15-17(23)21-19(25)22(18(15)24)10-12-5-4-8-26-12/h2-9,24H,10H2,1H3,(H,21,23,25)/b14-9+. The molecule has 7 heteroatoms. The Hall–Kier alpha value is -3.61. The molecule has 1 aliphatic rings. The number of benzene rings is 1. The van der Waals surface area contributed by atoms with Gasteiger partial charge in [0.05, 0.1) is 18.5 Å². The molecule has 4 rings (SSSR count). The molecule has 130 valence electrons. The maximum Gasteiger partial charge on any atom is 0.331 e. The van der Waals surface area contributed by atoms with Gasteiger partial charge in [-0.05, 0) is 31.2 Å². The first-order valence-electron chi connectivity index (χ1n) is 8.00. The summed E-state index contributed by atoms with van der Waals surface area (Å²) in [4.78, 5) is 31.1. The van der Waals surface area contributed by atoms with Crippen molar-refractivity contribution in [1.29, 1.82) is 0 Å². The van der Waals surface area contributed by atoms with Gasteiger partial charge in [0.1, 0.15) is 11.3 Å². The summed E-state index contributed by atoms with van der Waals surface area (Å²) in [6.45, 7) is 1.84. The van der Waals surface area contributed by atoms with Crippen LogP contribution in [-0.4, -0.2) is 20.4 Å². The average Bonchev–Trinajstić information content (AvgIpc) is 3.23. The lowest BCUT2D eigenvalue weighted by atomic mass is 10.0. The SMILES string of the molecule is CC1=Nc2ccccc2/C1=C/c1c(O)n(Cc2ccco2)c(=O)[nH]c1=O. The van der Waals surface area contributed by atoms with Crippen LogP contribution in [-0.2, 0) is 6.54 Å². The van der Waals surface area contributed by atoms with Gasteiger partial charge in [0, 0.05) is 16.8 Å². The van der Waals surface area contributed by atoms with Crippen LogP contribution < -0.4 is 11.2 Å². The Morgan fingerprint density at radius 1 is 1.23 bits per heavy atom. The first kappa shape index (κ1) is 15.9. The van der Waals surface area contributed by atoms with E-state index in [1.54, 1.807) is 18.2 Å². The van der Waals surface area contributed by atoms with Crippen LogP contribution in [0.4, 0.5) is 5.69 Å². The molecule has 0 unspecified atom stereocenters. The summed E-state index contributed by atoms with van der Waals surface area (Å²) in [5.41, 5.74) is 1.76. The van der Waals surface area contributed by atoms with Gasteiger partial charge in [-0.1, -0.05) is 18.2 Å². The number of furan rings is 1. The van der Waals surface area contributed by atoms with Crippen molar-refractivity contribution in [2.24, 2.45) is 4.99 Å². The number of hydrogen-bond acceptors (Lipinski definition) is 5. The molecule has 1 aromatic carbocycles. The molecule has 0 spiro atoms. The van der Waals surface area contributed by atoms with Crippen LogP contribution in [0.15, 0.2) is 61.7 Å². The Kier molecular flexibility index (Phi) is 3.69. The Morgan fingerprint density at radius 3 is 2.81 bits per heavy atom. The van der Waals surface area contributed by atoms with Gasteiger partial charge >= 0.3 is 5.69 Å². The predicted octanol–water partition coefficient (Wildman–Crippen LogP) is 2.53. The van der Waals surface area contributed by atoms with E-state index < -0.39 is 17.1 Å². The summed E-state index contributed by atoms with van der Waals surface area (Å²) >= 11 is 0. The van der Waals surface area contributed by atoms with Gasteiger partial charge < -0.3 is 9.52 Å². The smallest absolute Gasteiger partial charge is 0.331 e. The van der Waals surface area contributed by atoms with Gasteiger partial charge in [0.25, 0.3) is 5.56 Å². The summed E-state index contributed by atoms with van der Waals surface area (Å²) in [5, 5.41) is 10.6. The quantitative estimate of drug-likeness (QED) is 0.759. The molecule has 1 aliphatic heterocycles. The molecule has 2 N–H and O–H groups in total. The van der Waals surface area contributed by atoms with Gasteiger partial charge in [-0.2, -0.15) is 0 Å². The number of nitrogens with zero attached hydrogens (tertiary/aromatic N) is 2. The zero-order chi connectivity index (χ0) is 18.3. The number of nitrogens with one attached hydrogen (secondary N) is 1. The molecule has 26 heavy (non-hydrogen) atoms. The van der Waals surface area contributed by atoms with Crippen molar-refractivity contribution >= 4 is 23.0 Å². The molecule has 0 radical (unpaired) electrons. The molecule has 2 aromatic heterocycles. The fourth-order valence-electron chi connectivity index (χ4n) is 2.97. The third-order valence-corrected chi connectivity index (χ3v) is 4.26. The lowest BCUT2D eigenvalue weighted by molar-refractivity contribution is 0.392. The highest BCUT2D eigenvalue weighted by atomic mass is 16.3. The summed E-state index contributed by atoms with van der Waals surface area (Å²) in [7, 11) is 0. The van der Waals surface area contributed by atoms with Gasteiger partial charge in [0.15, 0.2) is 0 Å². The number of aromatic nitrogens is 2. The average molecular weight is 349 g/mol. The highest BCUT2D eigenvalue weighted by molar-refractivity contribution is 6.31. The zero-order valence-electron chi connectivity index (χ0n) is 13.9. The van der Waals surface area contributed by atoms with Crippen molar-refractivity contribution in [1.82, 2.24) is 9.55 Å². The van der Waals surface area contributed by atoms with Crippen molar-refractivity contribution in [2.45, 2.75) is 13.5 Å². The molecule has 3 aromatic rings. The van der Waals surface area contributed by atoms with Crippen LogP contribution >= 0.6 is 0 Å². The fraction of sp³-hybridized carbons (Fsp3) is 0.105. The van der Waals surface area contributed by atoms with Crippen LogP contribution in [0.3, 0.4) is 0 Å². The minimum atomic E-state index is -0.705. The predicted molar refractivity (Wildman–Crippen MR) is 97.9 cm³/mol. The highest BCUT2D eigenvalue weighted by Crippen LogP contribution is 2.35. The van der Waals surface area contributed by atoms with Crippen LogP contribution in [0.5, 0.6) is 5.88 Å². The number of para-hydroxylation sites is 1. The van der Waals surface area contributed by atoms with E-state index in [1.165, 1.54) is 6.26 Å². The Labute approximate surface area is 147 Å². The van der Waals surface area contributed by atoms with E-state index in [9.17, 15) is 14.7 Å². The Balaban J connectivity index is 1.87. The van der Waals surface area contributed by atoms with Gasteiger partial charge in [-0.15, -0.1) is 0 Å². The third-order valence-electron chi connectivity index (χ3n) is 4.26. The van der Waals surface area contributed by atoms with Gasteiger partial charge in [-0.25, -0.2) is 4.79 Å². The normalized spacial score (nSPS) is 14.5. The van der Waals surface area contributed by atoms with Crippen LogP contribution in [0.1, 0.15) is 23.8 Å². The number of fused-ring (bicyclic) bond motifs is 1. The zero-order valence-corrected chi connectivity index (χ0v) is 13.9. The molecule has 0 amide bonds. The van der Waals surface area contributed by atoms with Crippen molar-refractivity contribution < 1.29 is 9.52 Å². The number of allylic oxidation sites excluding steroid dienone is 1. The van der Waals surface area contributed by atoms with Crippen LogP contribution in [0, 0.1) is 0 Å².